The van der Waals surface area contributed by atoms with Crippen LogP contribution in [-0.2, 0) is 11.2 Å². The summed E-state index contributed by atoms with van der Waals surface area (Å²) in [6, 6.07) is 4.28. The lowest BCUT2D eigenvalue weighted by atomic mass is 9.81. The van der Waals surface area contributed by atoms with Gasteiger partial charge in [0.05, 0.1) is 11.0 Å². The van der Waals surface area contributed by atoms with Crippen molar-refractivity contribution in [3.63, 3.8) is 0 Å². The molecule has 3 rings (SSSR count). The summed E-state index contributed by atoms with van der Waals surface area (Å²) in [7, 11) is 0. The van der Waals surface area contributed by atoms with Gasteiger partial charge < -0.3 is 20.3 Å². The zero-order valence-electron chi connectivity index (χ0n) is 15.5. The summed E-state index contributed by atoms with van der Waals surface area (Å²) in [5.74, 6) is -0.553. The number of carbonyl (C=O) groups excluding carboxylic acids is 1. The molecule has 1 aliphatic rings. The van der Waals surface area contributed by atoms with Gasteiger partial charge in [-0.1, -0.05) is 0 Å². The number of carbonyl (C=O) groups is 2. The molecule has 1 aromatic heterocycles. The van der Waals surface area contributed by atoms with Crippen LogP contribution in [0.1, 0.15) is 32.5 Å². The normalized spacial score (nSPS) is 20.2. The Morgan fingerprint density at radius 2 is 2.19 bits per heavy atom. The number of halogens is 1. The maximum atomic E-state index is 13.4. The van der Waals surface area contributed by atoms with Crippen LogP contribution in [-0.4, -0.2) is 51.1 Å². The highest BCUT2D eigenvalue weighted by atomic mass is 19.1. The van der Waals surface area contributed by atoms with E-state index in [0.717, 1.165) is 0 Å². The molecule has 1 aromatic carbocycles. The van der Waals surface area contributed by atoms with E-state index in [2.05, 4.69) is 15.3 Å². The number of rotatable bonds is 5. The third kappa shape index (κ3) is 4.75. The average molecular weight is 376 g/mol. The second-order valence-electron chi connectivity index (χ2n) is 7.51. The van der Waals surface area contributed by atoms with E-state index in [4.69, 9.17) is 0 Å². The fourth-order valence-corrected chi connectivity index (χ4v) is 3.71. The Balaban J connectivity index is 1.77. The second kappa shape index (κ2) is 7.94. The Bertz CT molecular complexity index is 835. The number of nitrogens with one attached hydrogen (secondary N) is 2. The number of piperidine rings is 1. The molecule has 0 bridgehead atoms. The molecule has 2 heterocycles. The molecular weight excluding hydrogens is 351 g/mol. The number of carboxylic acids is 1. The van der Waals surface area contributed by atoms with E-state index >= 15 is 0 Å². The average Bonchev–Trinajstić information content (AvgIpc) is 2.96. The highest BCUT2D eigenvalue weighted by molar-refractivity contribution is 5.75. The number of urea groups is 1. The van der Waals surface area contributed by atoms with Crippen molar-refractivity contribution in [2.75, 3.05) is 13.1 Å². The predicted molar refractivity (Wildman–Crippen MR) is 98.8 cm³/mol. The molecule has 3 N–H and O–H groups in total. The van der Waals surface area contributed by atoms with Crippen LogP contribution in [0, 0.1) is 17.7 Å². The van der Waals surface area contributed by atoms with Gasteiger partial charge in [-0.2, -0.15) is 0 Å². The van der Waals surface area contributed by atoms with Crippen molar-refractivity contribution in [3.8, 4) is 0 Å². The van der Waals surface area contributed by atoms with E-state index in [-0.39, 0.29) is 36.1 Å². The Kier molecular flexibility index (Phi) is 5.62. The molecule has 0 saturated carbocycles. The van der Waals surface area contributed by atoms with Crippen molar-refractivity contribution >= 4 is 23.0 Å². The zero-order valence-corrected chi connectivity index (χ0v) is 15.5. The number of aliphatic carboxylic acids is 1. The maximum Gasteiger partial charge on any atom is 0.317 e. The first-order valence-electron chi connectivity index (χ1n) is 9.23. The number of nitrogens with zero attached hydrogens (tertiary/aromatic N) is 2. The van der Waals surface area contributed by atoms with Crippen molar-refractivity contribution in [2.45, 2.75) is 39.2 Å². The summed E-state index contributed by atoms with van der Waals surface area (Å²) in [5.41, 5.74) is 1.29. The standard InChI is InChI=1S/C19H25FN4O3/c1-11(2)21-19(27)24-6-5-12(8-18(25)26)13(10-24)7-17-22-15-4-3-14(20)9-16(15)23-17/h3-4,9,11-13H,5-8,10H2,1-2H3,(H,21,27)(H,22,23)(H,25,26)/t12-,13-/m0/s1. The first-order valence-corrected chi connectivity index (χ1v) is 9.23. The number of hydrogen-bond acceptors (Lipinski definition) is 3. The molecular formula is C19H25FN4O3. The number of fused-ring (bicyclic) bond motifs is 1. The number of aromatic amines is 1. The van der Waals surface area contributed by atoms with Gasteiger partial charge in [0.2, 0.25) is 0 Å². The van der Waals surface area contributed by atoms with Crippen LogP contribution >= 0.6 is 0 Å². The number of amides is 2. The molecule has 7 nitrogen and oxygen atoms in total. The highest BCUT2D eigenvalue weighted by Crippen LogP contribution is 2.29. The molecule has 2 aromatic rings. The smallest absolute Gasteiger partial charge is 0.317 e. The van der Waals surface area contributed by atoms with E-state index in [1.54, 1.807) is 11.0 Å². The topological polar surface area (TPSA) is 98.3 Å². The zero-order chi connectivity index (χ0) is 19.6. The molecule has 2 amide bonds. The van der Waals surface area contributed by atoms with Gasteiger partial charge in [-0.3, -0.25) is 4.79 Å². The van der Waals surface area contributed by atoms with E-state index in [0.29, 0.717) is 42.8 Å². The molecule has 0 unspecified atom stereocenters. The van der Waals surface area contributed by atoms with Crippen LogP contribution < -0.4 is 5.32 Å². The van der Waals surface area contributed by atoms with Crippen molar-refractivity contribution in [3.05, 3.63) is 29.8 Å². The first-order chi connectivity index (χ1) is 12.8. The van der Waals surface area contributed by atoms with Crippen molar-refractivity contribution in [1.29, 1.82) is 0 Å². The Morgan fingerprint density at radius 3 is 2.89 bits per heavy atom. The quantitative estimate of drug-likeness (QED) is 0.747. The second-order valence-corrected chi connectivity index (χ2v) is 7.51. The van der Waals surface area contributed by atoms with Crippen LogP contribution in [0.5, 0.6) is 0 Å². The van der Waals surface area contributed by atoms with E-state index in [1.165, 1.54) is 12.1 Å². The van der Waals surface area contributed by atoms with Gasteiger partial charge in [0.1, 0.15) is 11.6 Å². The summed E-state index contributed by atoms with van der Waals surface area (Å²) in [6.07, 6.45) is 1.22. The van der Waals surface area contributed by atoms with Gasteiger partial charge in [0.25, 0.3) is 0 Å². The fraction of sp³-hybridized carbons (Fsp3) is 0.526. The summed E-state index contributed by atoms with van der Waals surface area (Å²) >= 11 is 0. The number of carboxylic acid groups (broad SMARTS) is 1. The minimum Gasteiger partial charge on any atom is -0.481 e. The van der Waals surface area contributed by atoms with Gasteiger partial charge in [0, 0.05) is 32.0 Å². The van der Waals surface area contributed by atoms with Crippen LogP contribution in [0.2, 0.25) is 0 Å². The molecule has 1 fully saturated rings. The number of hydrogen-bond donors (Lipinski definition) is 3. The summed E-state index contributed by atoms with van der Waals surface area (Å²) in [6.45, 7) is 4.82. The lowest BCUT2D eigenvalue weighted by Crippen LogP contribution is -2.50. The summed E-state index contributed by atoms with van der Waals surface area (Å²) in [5, 5.41) is 12.1. The fourth-order valence-electron chi connectivity index (χ4n) is 3.71. The van der Waals surface area contributed by atoms with Gasteiger partial charge in [-0.05, 0) is 50.3 Å². The molecule has 27 heavy (non-hydrogen) atoms. The van der Waals surface area contributed by atoms with Gasteiger partial charge in [-0.25, -0.2) is 14.2 Å². The van der Waals surface area contributed by atoms with Crippen LogP contribution in [0.4, 0.5) is 9.18 Å². The molecule has 1 aliphatic heterocycles. The largest absolute Gasteiger partial charge is 0.481 e. The van der Waals surface area contributed by atoms with Gasteiger partial charge in [-0.15, -0.1) is 0 Å². The Morgan fingerprint density at radius 1 is 1.41 bits per heavy atom. The molecule has 0 spiro atoms. The number of aromatic nitrogens is 2. The Hall–Kier alpha value is -2.64. The molecule has 1 saturated heterocycles. The number of H-pyrrole nitrogens is 1. The van der Waals surface area contributed by atoms with E-state index in [1.807, 2.05) is 13.8 Å². The van der Waals surface area contributed by atoms with E-state index in [9.17, 15) is 19.1 Å². The summed E-state index contributed by atoms with van der Waals surface area (Å²) < 4.78 is 13.4. The minimum atomic E-state index is -0.836. The molecule has 146 valence electrons. The van der Waals surface area contributed by atoms with Crippen LogP contribution in [0.15, 0.2) is 18.2 Å². The SMILES string of the molecule is CC(C)NC(=O)N1CC[C@@H](CC(=O)O)[C@@H](Cc2nc3ccc(F)cc3[nH]2)C1. The minimum absolute atomic E-state index is 0.0295. The number of imidazole rings is 1. The van der Waals surface area contributed by atoms with Gasteiger partial charge >= 0.3 is 12.0 Å². The van der Waals surface area contributed by atoms with Crippen molar-refractivity contribution < 1.29 is 19.1 Å². The molecule has 0 aliphatic carbocycles. The monoisotopic (exact) mass is 376 g/mol. The highest BCUT2D eigenvalue weighted by Gasteiger charge is 2.33. The Labute approximate surface area is 157 Å². The van der Waals surface area contributed by atoms with Crippen LogP contribution in [0.25, 0.3) is 11.0 Å². The summed E-state index contributed by atoms with van der Waals surface area (Å²) in [4.78, 5) is 32.9. The number of benzene rings is 1. The van der Waals surface area contributed by atoms with Crippen molar-refractivity contribution in [1.82, 2.24) is 20.2 Å². The van der Waals surface area contributed by atoms with Crippen LogP contribution in [0.3, 0.4) is 0 Å². The number of likely N-dealkylation sites (tertiary alicyclic amines) is 1. The third-order valence-electron chi connectivity index (χ3n) is 4.98. The lowest BCUT2D eigenvalue weighted by molar-refractivity contribution is -0.139. The maximum absolute atomic E-state index is 13.4. The lowest BCUT2D eigenvalue weighted by Gasteiger charge is -2.38. The first kappa shape index (κ1) is 19.1. The molecule has 2 atom stereocenters. The predicted octanol–water partition coefficient (Wildman–Crippen LogP) is 2.78. The molecule has 0 radical (unpaired) electrons. The molecule has 8 heteroatoms. The van der Waals surface area contributed by atoms with Crippen molar-refractivity contribution in [2.24, 2.45) is 11.8 Å². The van der Waals surface area contributed by atoms with E-state index < -0.39 is 5.97 Å². The third-order valence-corrected chi connectivity index (χ3v) is 4.98. The van der Waals surface area contributed by atoms with Gasteiger partial charge in [0.15, 0.2) is 0 Å².